The van der Waals surface area contributed by atoms with Crippen molar-refractivity contribution in [2.24, 2.45) is 5.84 Å². The molecule has 2 rings (SSSR count). The standard InChI is InChI=1S/C8H8FN5S/c1-4-5(9)6(14-10)13-7(12-4)8-11-2-3-15-8/h2-3H,10H2,1H3,(H,12,13,14). The molecule has 5 nitrogen and oxygen atoms in total. The average molecular weight is 225 g/mol. The SMILES string of the molecule is Cc1nc(-c2nccs2)nc(NN)c1F. The zero-order chi connectivity index (χ0) is 10.8. The number of aryl methyl sites for hydroxylation is 1. The van der Waals surface area contributed by atoms with Gasteiger partial charge in [-0.25, -0.2) is 25.2 Å². The minimum atomic E-state index is -0.544. The first-order chi connectivity index (χ1) is 7.22. The average Bonchev–Trinajstić information content (AvgIpc) is 2.75. The third kappa shape index (κ3) is 1.79. The van der Waals surface area contributed by atoms with E-state index in [0.29, 0.717) is 10.8 Å². The molecule has 0 saturated heterocycles. The summed E-state index contributed by atoms with van der Waals surface area (Å²) in [6, 6.07) is 0. The Morgan fingerprint density at radius 2 is 2.27 bits per heavy atom. The van der Waals surface area contributed by atoms with Crippen LogP contribution in [0.1, 0.15) is 5.69 Å². The Morgan fingerprint density at radius 1 is 1.47 bits per heavy atom. The number of hydrogen-bond acceptors (Lipinski definition) is 6. The second kappa shape index (κ2) is 3.87. The maximum atomic E-state index is 13.3. The van der Waals surface area contributed by atoms with Crippen LogP contribution in [0.3, 0.4) is 0 Å². The molecule has 2 aromatic rings. The molecule has 2 aromatic heterocycles. The van der Waals surface area contributed by atoms with E-state index < -0.39 is 5.82 Å². The largest absolute Gasteiger partial charge is 0.306 e. The van der Waals surface area contributed by atoms with Crippen LogP contribution in [-0.4, -0.2) is 15.0 Å². The third-order valence-electron chi connectivity index (χ3n) is 1.78. The van der Waals surface area contributed by atoms with Crippen molar-refractivity contribution in [3.05, 3.63) is 23.1 Å². The van der Waals surface area contributed by atoms with Crippen molar-refractivity contribution in [3.8, 4) is 10.8 Å². The van der Waals surface area contributed by atoms with Crippen LogP contribution in [0, 0.1) is 12.7 Å². The highest BCUT2D eigenvalue weighted by Crippen LogP contribution is 2.21. The van der Waals surface area contributed by atoms with Crippen molar-refractivity contribution in [1.29, 1.82) is 0 Å². The predicted octanol–water partition coefficient (Wildman–Crippen LogP) is 1.33. The van der Waals surface area contributed by atoms with E-state index in [9.17, 15) is 4.39 Å². The number of nitrogens with one attached hydrogen (secondary N) is 1. The fourth-order valence-corrected chi connectivity index (χ4v) is 1.65. The molecule has 0 amide bonds. The Kier molecular flexibility index (Phi) is 2.57. The maximum Gasteiger partial charge on any atom is 0.191 e. The van der Waals surface area contributed by atoms with E-state index in [1.165, 1.54) is 11.3 Å². The Hall–Kier alpha value is -1.60. The third-order valence-corrected chi connectivity index (χ3v) is 2.55. The summed E-state index contributed by atoms with van der Waals surface area (Å²) < 4.78 is 13.3. The van der Waals surface area contributed by atoms with Crippen molar-refractivity contribution in [1.82, 2.24) is 15.0 Å². The van der Waals surface area contributed by atoms with E-state index in [-0.39, 0.29) is 11.5 Å². The summed E-state index contributed by atoms with van der Waals surface area (Å²) in [6.07, 6.45) is 1.64. The van der Waals surface area contributed by atoms with E-state index in [1.807, 2.05) is 0 Å². The fraction of sp³-hybridized carbons (Fsp3) is 0.125. The number of aromatic nitrogens is 3. The number of hydrogen-bond donors (Lipinski definition) is 2. The van der Waals surface area contributed by atoms with Crippen LogP contribution in [-0.2, 0) is 0 Å². The van der Waals surface area contributed by atoms with Crippen molar-refractivity contribution < 1.29 is 4.39 Å². The van der Waals surface area contributed by atoms with Crippen molar-refractivity contribution in [2.45, 2.75) is 6.92 Å². The molecule has 0 fully saturated rings. The van der Waals surface area contributed by atoms with Crippen LogP contribution in [0.4, 0.5) is 10.2 Å². The molecule has 0 aliphatic carbocycles. The number of nitrogens with two attached hydrogens (primary N) is 1. The van der Waals surface area contributed by atoms with E-state index in [1.54, 1.807) is 18.5 Å². The number of halogens is 1. The van der Waals surface area contributed by atoms with Gasteiger partial charge in [-0.1, -0.05) is 0 Å². The highest BCUT2D eigenvalue weighted by molar-refractivity contribution is 7.12. The summed E-state index contributed by atoms with van der Waals surface area (Å²) in [6.45, 7) is 1.55. The Balaban J connectivity index is 2.55. The van der Waals surface area contributed by atoms with Crippen LogP contribution >= 0.6 is 11.3 Å². The molecule has 0 spiro atoms. The number of rotatable bonds is 2. The molecule has 0 unspecified atom stereocenters. The zero-order valence-electron chi connectivity index (χ0n) is 7.86. The van der Waals surface area contributed by atoms with E-state index in [2.05, 4.69) is 20.4 Å². The lowest BCUT2D eigenvalue weighted by Gasteiger charge is -2.04. The van der Waals surface area contributed by atoms with Crippen LogP contribution < -0.4 is 11.3 Å². The number of thiazole rings is 1. The monoisotopic (exact) mass is 225 g/mol. The number of nitrogen functional groups attached to an aromatic ring is 1. The molecule has 0 aromatic carbocycles. The van der Waals surface area contributed by atoms with Gasteiger partial charge in [0, 0.05) is 11.6 Å². The van der Waals surface area contributed by atoms with Crippen LogP contribution in [0.25, 0.3) is 10.8 Å². The van der Waals surface area contributed by atoms with E-state index >= 15 is 0 Å². The first-order valence-corrected chi connectivity index (χ1v) is 5.01. The fourth-order valence-electron chi connectivity index (χ4n) is 1.08. The highest BCUT2D eigenvalue weighted by Gasteiger charge is 2.12. The minimum Gasteiger partial charge on any atom is -0.306 e. The van der Waals surface area contributed by atoms with E-state index in [0.717, 1.165) is 0 Å². The lowest BCUT2D eigenvalue weighted by molar-refractivity contribution is 0.606. The highest BCUT2D eigenvalue weighted by atomic mass is 32.1. The molecule has 7 heteroatoms. The van der Waals surface area contributed by atoms with Gasteiger partial charge < -0.3 is 5.43 Å². The van der Waals surface area contributed by atoms with Crippen molar-refractivity contribution in [3.63, 3.8) is 0 Å². The summed E-state index contributed by atoms with van der Waals surface area (Å²) in [5.74, 6) is 4.95. The molecule has 2 heterocycles. The Labute approximate surface area is 89.2 Å². The summed E-state index contributed by atoms with van der Waals surface area (Å²) in [4.78, 5) is 11.9. The normalized spacial score (nSPS) is 10.3. The number of anilines is 1. The molecule has 0 radical (unpaired) electrons. The maximum absolute atomic E-state index is 13.3. The van der Waals surface area contributed by atoms with Gasteiger partial charge >= 0.3 is 0 Å². The van der Waals surface area contributed by atoms with Gasteiger partial charge in [-0.05, 0) is 6.92 Å². The topological polar surface area (TPSA) is 76.7 Å². The molecule has 0 aliphatic heterocycles. The van der Waals surface area contributed by atoms with Crippen LogP contribution in [0.5, 0.6) is 0 Å². The number of nitrogens with zero attached hydrogens (tertiary/aromatic N) is 3. The van der Waals surface area contributed by atoms with Crippen molar-refractivity contribution in [2.75, 3.05) is 5.43 Å². The second-order valence-electron chi connectivity index (χ2n) is 2.78. The van der Waals surface area contributed by atoms with Gasteiger partial charge in [-0.15, -0.1) is 11.3 Å². The van der Waals surface area contributed by atoms with Crippen LogP contribution in [0.15, 0.2) is 11.6 Å². The molecular formula is C8H8FN5S. The number of hydrazine groups is 1. The van der Waals surface area contributed by atoms with Gasteiger partial charge in [0.1, 0.15) is 0 Å². The summed E-state index contributed by atoms with van der Waals surface area (Å²) >= 11 is 1.38. The van der Waals surface area contributed by atoms with Gasteiger partial charge in [-0.3, -0.25) is 0 Å². The van der Waals surface area contributed by atoms with Gasteiger partial charge in [0.25, 0.3) is 0 Å². The first-order valence-electron chi connectivity index (χ1n) is 4.13. The lowest BCUT2D eigenvalue weighted by atomic mass is 10.4. The Morgan fingerprint density at radius 3 is 2.87 bits per heavy atom. The van der Waals surface area contributed by atoms with Crippen LogP contribution in [0.2, 0.25) is 0 Å². The zero-order valence-corrected chi connectivity index (χ0v) is 8.68. The van der Waals surface area contributed by atoms with Crippen molar-refractivity contribution >= 4 is 17.2 Å². The van der Waals surface area contributed by atoms with Gasteiger partial charge in [0.15, 0.2) is 22.5 Å². The van der Waals surface area contributed by atoms with E-state index in [4.69, 9.17) is 5.84 Å². The van der Waals surface area contributed by atoms with Gasteiger partial charge in [-0.2, -0.15) is 0 Å². The Bertz CT molecular complexity index is 470. The molecule has 3 N–H and O–H groups in total. The lowest BCUT2D eigenvalue weighted by Crippen LogP contribution is -2.12. The van der Waals surface area contributed by atoms with Gasteiger partial charge in [0.05, 0.1) is 5.69 Å². The molecule has 0 atom stereocenters. The first kappa shape index (κ1) is 9.94. The molecule has 78 valence electrons. The molecule has 0 aliphatic rings. The molecular weight excluding hydrogens is 217 g/mol. The second-order valence-corrected chi connectivity index (χ2v) is 3.67. The summed E-state index contributed by atoms with van der Waals surface area (Å²) in [5.41, 5.74) is 2.43. The molecule has 15 heavy (non-hydrogen) atoms. The summed E-state index contributed by atoms with van der Waals surface area (Å²) in [5, 5.41) is 2.43. The smallest absolute Gasteiger partial charge is 0.191 e. The molecule has 0 bridgehead atoms. The minimum absolute atomic E-state index is 0.0206. The summed E-state index contributed by atoms with van der Waals surface area (Å²) in [7, 11) is 0. The van der Waals surface area contributed by atoms with Gasteiger partial charge in [0.2, 0.25) is 0 Å². The quantitative estimate of drug-likeness (QED) is 0.595. The predicted molar refractivity (Wildman–Crippen MR) is 55.6 cm³/mol. The molecule has 0 saturated carbocycles.